The van der Waals surface area contributed by atoms with Crippen LogP contribution in [0, 0.1) is 13.5 Å². The highest BCUT2D eigenvalue weighted by atomic mass is 35.5. The third kappa shape index (κ3) is 1.87. The molecule has 0 spiro atoms. The van der Waals surface area contributed by atoms with Gasteiger partial charge in [-0.25, -0.2) is 9.64 Å². The molecule has 0 radical (unpaired) electrons. The summed E-state index contributed by atoms with van der Waals surface area (Å²) in [6.07, 6.45) is 0. The van der Waals surface area contributed by atoms with Gasteiger partial charge in [0.1, 0.15) is 11.2 Å². The molecular formula is C15H11ClN4O2. The summed E-state index contributed by atoms with van der Waals surface area (Å²) in [5.74, 6) is -0.0379. The molecule has 1 aromatic carbocycles. The second kappa shape index (κ2) is 5.20. The quantitative estimate of drug-likeness (QED) is 0.580. The first-order valence-corrected chi connectivity index (χ1v) is 6.78. The summed E-state index contributed by atoms with van der Waals surface area (Å²) < 4.78 is 6.48. The Bertz CT molecular complexity index is 933. The molecule has 0 saturated heterocycles. The van der Waals surface area contributed by atoms with E-state index in [1.165, 1.54) is 7.11 Å². The Hall–Kier alpha value is -2.78. The normalized spacial score (nSPS) is 10.6. The largest absolute Gasteiger partial charge is 0.466 e. The summed E-state index contributed by atoms with van der Waals surface area (Å²) in [6.45, 7) is 9.08. The maximum Gasteiger partial charge on any atom is 0.331 e. The summed E-state index contributed by atoms with van der Waals surface area (Å²) in [4.78, 5) is 15.4. The highest BCUT2D eigenvalue weighted by Crippen LogP contribution is 2.35. The van der Waals surface area contributed by atoms with Gasteiger partial charge in [0, 0.05) is 11.3 Å². The van der Waals surface area contributed by atoms with E-state index in [0.717, 1.165) is 0 Å². The fourth-order valence-electron chi connectivity index (χ4n) is 2.46. The van der Waals surface area contributed by atoms with Crippen molar-refractivity contribution in [2.75, 3.05) is 7.11 Å². The van der Waals surface area contributed by atoms with E-state index in [-0.39, 0.29) is 11.3 Å². The van der Waals surface area contributed by atoms with Crippen LogP contribution in [0.1, 0.15) is 16.1 Å². The fourth-order valence-corrected chi connectivity index (χ4v) is 2.68. The molecule has 0 saturated carbocycles. The van der Waals surface area contributed by atoms with Crippen LogP contribution in [-0.2, 0) is 4.74 Å². The smallest absolute Gasteiger partial charge is 0.331 e. The SMILES string of the molecule is [C-]#[N+]c1c(C(=O)OC)c2[nH]nc(-c3ccccc3Cl)n2c1C. The van der Waals surface area contributed by atoms with Crippen LogP contribution in [0.3, 0.4) is 0 Å². The number of nitrogens with one attached hydrogen (secondary N) is 1. The molecule has 0 aliphatic heterocycles. The van der Waals surface area contributed by atoms with Crippen molar-refractivity contribution in [3.8, 4) is 11.4 Å². The molecule has 3 aromatic rings. The molecule has 3 rings (SSSR count). The van der Waals surface area contributed by atoms with Crippen molar-refractivity contribution >= 4 is 28.9 Å². The van der Waals surface area contributed by atoms with Gasteiger partial charge in [0.05, 0.1) is 18.7 Å². The van der Waals surface area contributed by atoms with Gasteiger partial charge in [-0.15, -0.1) is 0 Å². The minimum atomic E-state index is -0.578. The number of carbonyl (C=O) groups is 1. The van der Waals surface area contributed by atoms with Gasteiger partial charge in [0.25, 0.3) is 0 Å². The molecule has 0 fully saturated rings. The van der Waals surface area contributed by atoms with E-state index in [9.17, 15) is 4.79 Å². The summed E-state index contributed by atoms with van der Waals surface area (Å²) in [6, 6.07) is 7.25. The molecule has 22 heavy (non-hydrogen) atoms. The van der Waals surface area contributed by atoms with E-state index in [0.29, 0.717) is 27.8 Å². The van der Waals surface area contributed by atoms with Crippen LogP contribution < -0.4 is 0 Å². The molecule has 0 amide bonds. The molecule has 2 heterocycles. The van der Waals surface area contributed by atoms with Crippen LogP contribution in [0.2, 0.25) is 5.02 Å². The lowest BCUT2D eigenvalue weighted by Crippen LogP contribution is -2.00. The van der Waals surface area contributed by atoms with Crippen LogP contribution in [0.25, 0.3) is 21.9 Å². The Morgan fingerprint density at radius 1 is 1.45 bits per heavy atom. The van der Waals surface area contributed by atoms with Crippen LogP contribution in [0.5, 0.6) is 0 Å². The Balaban J connectivity index is 2.38. The molecule has 7 heteroatoms. The number of halogens is 1. The number of esters is 1. The average Bonchev–Trinajstić information content (AvgIpc) is 3.06. The van der Waals surface area contributed by atoms with Crippen LogP contribution in [0.4, 0.5) is 5.69 Å². The van der Waals surface area contributed by atoms with Gasteiger partial charge in [-0.2, -0.15) is 5.10 Å². The maximum absolute atomic E-state index is 12.0. The number of aromatic nitrogens is 3. The molecule has 0 bridgehead atoms. The predicted octanol–water partition coefficient (Wildman–Crippen LogP) is 3.63. The van der Waals surface area contributed by atoms with Gasteiger partial charge in [0.2, 0.25) is 5.69 Å². The third-order valence-corrected chi connectivity index (χ3v) is 3.80. The molecule has 6 nitrogen and oxygen atoms in total. The number of aromatic amines is 1. The predicted molar refractivity (Wildman–Crippen MR) is 82.3 cm³/mol. The van der Waals surface area contributed by atoms with Crippen molar-refractivity contribution in [2.45, 2.75) is 6.92 Å². The number of aryl methyl sites for hydroxylation is 1. The van der Waals surface area contributed by atoms with Crippen LogP contribution >= 0.6 is 11.6 Å². The van der Waals surface area contributed by atoms with E-state index in [2.05, 4.69) is 15.0 Å². The second-order valence-electron chi connectivity index (χ2n) is 4.62. The first-order valence-electron chi connectivity index (χ1n) is 6.40. The molecule has 1 N–H and O–H groups in total. The van der Waals surface area contributed by atoms with Crippen LogP contribution in [-0.4, -0.2) is 27.7 Å². The standard InChI is InChI=1S/C15H11ClN4O2/c1-8-12(17-2)11(15(21)22-3)14-19-18-13(20(8)14)9-6-4-5-7-10(9)16/h4-7,19H,1,3H3. The number of ether oxygens (including phenoxy) is 1. The highest BCUT2D eigenvalue weighted by Gasteiger charge is 2.26. The van der Waals surface area contributed by atoms with Crippen LogP contribution in [0.15, 0.2) is 24.3 Å². The summed E-state index contributed by atoms with van der Waals surface area (Å²) >= 11 is 6.22. The zero-order valence-electron chi connectivity index (χ0n) is 11.8. The molecule has 110 valence electrons. The zero-order valence-corrected chi connectivity index (χ0v) is 12.6. The lowest BCUT2D eigenvalue weighted by atomic mass is 10.2. The summed E-state index contributed by atoms with van der Waals surface area (Å²) in [5, 5.41) is 7.58. The number of hydrogen-bond donors (Lipinski definition) is 1. The van der Waals surface area contributed by atoms with Gasteiger partial charge < -0.3 is 4.74 Å². The Morgan fingerprint density at radius 2 is 2.18 bits per heavy atom. The Kier molecular flexibility index (Phi) is 3.35. The zero-order chi connectivity index (χ0) is 15.9. The topological polar surface area (TPSA) is 63.8 Å². The van der Waals surface area contributed by atoms with Crippen molar-refractivity contribution in [3.63, 3.8) is 0 Å². The molecular weight excluding hydrogens is 304 g/mol. The third-order valence-electron chi connectivity index (χ3n) is 3.47. The molecule has 0 aliphatic carbocycles. The molecule has 0 aliphatic rings. The van der Waals surface area contributed by atoms with E-state index in [1.54, 1.807) is 17.4 Å². The van der Waals surface area contributed by atoms with Gasteiger partial charge >= 0.3 is 5.97 Å². The number of fused-ring (bicyclic) bond motifs is 1. The molecule has 2 aromatic heterocycles. The lowest BCUT2D eigenvalue weighted by molar-refractivity contribution is 0.0604. The van der Waals surface area contributed by atoms with Gasteiger partial charge in [-0.3, -0.25) is 9.50 Å². The number of carbonyl (C=O) groups excluding carboxylic acids is 1. The van der Waals surface area contributed by atoms with Gasteiger partial charge in [-0.1, -0.05) is 23.7 Å². The van der Waals surface area contributed by atoms with E-state index in [1.807, 2.05) is 18.2 Å². The summed E-state index contributed by atoms with van der Waals surface area (Å²) in [7, 11) is 1.28. The van der Waals surface area contributed by atoms with Crippen molar-refractivity contribution in [1.82, 2.24) is 14.6 Å². The Morgan fingerprint density at radius 3 is 2.82 bits per heavy atom. The number of rotatable bonds is 2. The number of hydrogen-bond acceptors (Lipinski definition) is 3. The highest BCUT2D eigenvalue weighted by molar-refractivity contribution is 6.33. The summed E-state index contributed by atoms with van der Waals surface area (Å²) in [5.41, 5.74) is 2.16. The molecule has 0 unspecified atom stereocenters. The lowest BCUT2D eigenvalue weighted by Gasteiger charge is -2.02. The molecule has 0 atom stereocenters. The minimum absolute atomic E-state index is 0.181. The van der Waals surface area contributed by atoms with Gasteiger partial charge in [-0.05, 0) is 19.1 Å². The second-order valence-corrected chi connectivity index (χ2v) is 5.03. The Labute approximate surface area is 131 Å². The van der Waals surface area contributed by atoms with Gasteiger partial charge in [0.15, 0.2) is 5.82 Å². The van der Waals surface area contributed by atoms with Crippen molar-refractivity contribution in [1.29, 1.82) is 0 Å². The minimum Gasteiger partial charge on any atom is -0.466 e. The maximum atomic E-state index is 12.0. The monoisotopic (exact) mass is 314 g/mol. The van der Waals surface area contributed by atoms with E-state index >= 15 is 0 Å². The number of benzene rings is 1. The first kappa shape index (κ1) is 14.2. The first-order chi connectivity index (χ1) is 10.6. The van der Waals surface area contributed by atoms with E-state index in [4.69, 9.17) is 22.9 Å². The van der Waals surface area contributed by atoms with Crippen molar-refractivity contribution in [3.05, 3.63) is 52.0 Å². The number of nitrogens with zero attached hydrogens (tertiary/aromatic N) is 3. The number of methoxy groups -OCH3 is 1. The fraction of sp³-hybridized carbons (Fsp3) is 0.133. The van der Waals surface area contributed by atoms with Crippen molar-refractivity contribution in [2.24, 2.45) is 0 Å². The van der Waals surface area contributed by atoms with Crippen molar-refractivity contribution < 1.29 is 9.53 Å². The average molecular weight is 315 g/mol. The number of H-pyrrole nitrogens is 1. The van der Waals surface area contributed by atoms with E-state index < -0.39 is 5.97 Å².